The number of ether oxygens (including phenoxy) is 1. The lowest BCUT2D eigenvalue weighted by atomic mass is 10.1. The fourth-order valence-electron chi connectivity index (χ4n) is 2.90. The number of carbonyl (C=O) groups excluding carboxylic acids is 1. The first-order valence-electron chi connectivity index (χ1n) is 8.34. The van der Waals surface area contributed by atoms with Gasteiger partial charge in [0.05, 0.1) is 17.7 Å². The van der Waals surface area contributed by atoms with Gasteiger partial charge in [-0.1, -0.05) is 6.07 Å². The van der Waals surface area contributed by atoms with Crippen molar-refractivity contribution >= 4 is 40.2 Å². The Morgan fingerprint density at radius 2 is 2.31 bits per heavy atom. The van der Waals surface area contributed by atoms with Crippen molar-refractivity contribution in [2.75, 3.05) is 12.4 Å². The standard InChI is InChI=1S/C19H18N4O2S/c1-25-14-6-5-13(21-16(24)7-4-12-8-9-20-11-12)17-18(14)23-19(22-17)15-3-2-10-26-15/h2-3,5-6,9-11H,4,7-8H2,1H3,(H,21,24)(H,22,23). The van der Waals surface area contributed by atoms with Crippen LogP contribution in [-0.4, -0.2) is 29.2 Å². The molecule has 26 heavy (non-hydrogen) atoms. The van der Waals surface area contributed by atoms with E-state index < -0.39 is 0 Å². The van der Waals surface area contributed by atoms with Gasteiger partial charge in [0.25, 0.3) is 0 Å². The van der Waals surface area contributed by atoms with Gasteiger partial charge in [-0.25, -0.2) is 4.98 Å². The van der Waals surface area contributed by atoms with E-state index in [-0.39, 0.29) is 5.91 Å². The number of rotatable bonds is 6. The van der Waals surface area contributed by atoms with Crippen molar-refractivity contribution in [2.24, 2.45) is 4.99 Å². The van der Waals surface area contributed by atoms with Crippen LogP contribution in [-0.2, 0) is 4.79 Å². The Kier molecular flexibility index (Phi) is 4.53. The van der Waals surface area contributed by atoms with Crippen LogP contribution in [0.4, 0.5) is 5.69 Å². The number of aromatic amines is 1. The molecule has 0 atom stereocenters. The molecule has 7 heteroatoms. The van der Waals surface area contributed by atoms with Gasteiger partial charge < -0.3 is 15.0 Å². The number of anilines is 1. The predicted molar refractivity (Wildman–Crippen MR) is 105 cm³/mol. The molecule has 4 rings (SSSR count). The molecule has 0 fully saturated rings. The van der Waals surface area contributed by atoms with Gasteiger partial charge in [0, 0.05) is 25.3 Å². The third-order valence-electron chi connectivity index (χ3n) is 4.24. The minimum atomic E-state index is -0.0371. The van der Waals surface area contributed by atoms with E-state index in [0.29, 0.717) is 29.8 Å². The molecule has 2 aromatic heterocycles. The monoisotopic (exact) mass is 366 g/mol. The molecule has 2 N–H and O–H groups in total. The summed E-state index contributed by atoms with van der Waals surface area (Å²) in [5.74, 6) is 1.43. The fraction of sp³-hybridized carbons (Fsp3) is 0.211. The minimum Gasteiger partial charge on any atom is -0.494 e. The number of carbonyl (C=O) groups is 1. The molecule has 0 spiro atoms. The van der Waals surface area contributed by atoms with Gasteiger partial charge in [-0.15, -0.1) is 11.3 Å². The zero-order valence-electron chi connectivity index (χ0n) is 14.3. The van der Waals surface area contributed by atoms with Crippen LogP contribution in [0, 0.1) is 0 Å². The lowest BCUT2D eigenvalue weighted by Crippen LogP contribution is -2.11. The number of H-pyrrole nitrogens is 1. The molecule has 1 amide bonds. The van der Waals surface area contributed by atoms with E-state index in [9.17, 15) is 4.79 Å². The summed E-state index contributed by atoms with van der Waals surface area (Å²) in [7, 11) is 1.62. The summed E-state index contributed by atoms with van der Waals surface area (Å²) < 4.78 is 5.43. The fourth-order valence-corrected chi connectivity index (χ4v) is 3.57. The van der Waals surface area contributed by atoms with E-state index in [4.69, 9.17) is 4.74 Å². The number of imidazole rings is 1. The average Bonchev–Trinajstić information content (AvgIpc) is 3.41. The molecule has 0 saturated carbocycles. The number of hydrogen-bond donors (Lipinski definition) is 2. The topological polar surface area (TPSA) is 79.4 Å². The van der Waals surface area contributed by atoms with Crippen molar-refractivity contribution in [2.45, 2.75) is 19.3 Å². The van der Waals surface area contributed by atoms with Crippen LogP contribution in [0.5, 0.6) is 5.75 Å². The van der Waals surface area contributed by atoms with Gasteiger partial charge >= 0.3 is 0 Å². The molecule has 3 heterocycles. The van der Waals surface area contributed by atoms with Gasteiger partial charge in [0.1, 0.15) is 22.6 Å². The number of nitrogens with zero attached hydrogens (tertiary/aromatic N) is 2. The summed E-state index contributed by atoms with van der Waals surface area (Å²) in [5, 5.41) is 4.98. The van der Waals surface area contributed by atoms with Gasteiger partial charge in [0.15, 0.2) is 0 Å². The summed E-state index contributed by atoms with van der Waals surface area (Å²) in [4.78, 5) is 25.4. The number of fused-ring (bicyclic) bond motifs is 1. The summed E-state index contributed by atoms with van der Waals surface area (Å²) in [6.07, 6.45) is 5.66. The van der Waals surface area contributed by atoms with Crippen LogP contribution >= 0.6 is 11.3 Å². The van der Waals surface area contributed by atoms with Crippen molar-refractivity contribution in [3.8, 4) is 16.5 Å². The van der Waals surface area contributed by atoms with Crippen LogP contribution in [0.1, 0.15) is 19.3 Å². The van der Waals surface area contributed by atoms with Crippen LogP contribution in [0.15, 0.2) is 46.4 Å². The molecule has 132 valence electrons. The number of methoxy groups -OCH3 is 1. The second-order valence-electron chi connectivity index (χ2n) is 5.97. The van der Waals surface area contributed by atoms with Crippen LogP contribution < -0.4 is 10.1 Å². The maximum absolute atomic E-state index is 12.4. The largest absolute Gasteiger partial charge is 0.494 e. The molecular formula is C19H18N4O2S. The molecular weight excluding hydrogens is 348 g/mol. The minimum absolute atomic E-state index is 0.0371. The number of thiophene rings is 1. The van der Waals surface area contributed by atoms with E-state index in [1.165, 1.54) is 5.57 Å². The highest BCUT2D eigenvalue weighted by Gasteiger charge is 2.15. The van der Waals surface area contributed by atoms with Crippen molar-refractivity contribution in [1.29, 1.82) is 0 Å². The molecule has 0 radical (unpaired) electrons. The number of aromatic nitrogens is 2. The first-order valence-corrected chi connectivity index (χ1v) is 9.22. The molecule has 1 aromatic carbocycles. The van der Waals surface area contributed by atoms with Crippen molar-refractivity contribution in [3.63, 3.8) is 0 Å². The maximum atomic E-state index is 12.4. The number of amides is 1. The highest BCUT2D eigenvalue weighted by atomic mass is 32.1. The second-order valence-corrected chi connectivity index (χ2v) is 6.92. The van der Waals surface area contributed by atoms with Gasteiger partial charge in [-0.2, -0.15) is 0 Å². The van der Waals surface area contributed by atoms with Gasteiger partial charge in [0.2, 0.25) is 5.91 Å². The molecule has 1 aliphatic rings. The highest BCUT2D eigenvalue weighted by Crippen LogP contribution is 2.33. The second kappa shape index (κ2) is 7.13. The Bertz CT molecular complexity index is 1000. The molecule has 6 nitrogen and oxygen atoms in total. The number of allylic oxidation sites excluding steroid dienone is 1. The number of hydrogen-bond acceptors (Lipinski definition) is 5. The van der Waals surface area contributed by atoms with E-state index in [2.05, 4.69) is 20.3 Å². The Labute approximate surface area is 154 Å². The first kappa shape index (κ1) is 16.5. The number of aliphatic imine (C=N–C) groups is 1. The average molecular weight is 366 g/mol. The molecule has 3 aromatic rings. The van der Waals surface area contributed by atoms with Gasteiger partial charge in [-0.3, -0.25) is 9.79 Å². The zero-order chi connectivity index (χ0) is 17.9. The molecule has 0 bridgehead atoms. The summed E-state index contributed by atoms with van der Waals surface area (Å²) in [6.45, 7) is 0. The van der Waals surface area contributed by atoms with Crippen molar-refractivity contribution in [3.05, 3.63) is 41.4 Å². The van der Waals surface area contributed by atoms with Crippen molar-refractivity contribution in [1.82, 2.24) is 9.97 Å². The van der Waals surface area contributed by atoms with E-state index in [1.54, 1.807) is 18.4 Å². The Hall–Kier alpha value is -2.93. The summed E-state index contributed by atoms with van der Waals surface area (Å²) in [5.41, 5.74) is 3.34. The molecule has 0 saturated heterocycles. The first-order chi connectivity index (χ1) is 12.7. The zero-order valence-corrected chi connectivity index (χ0v) is 15.1. The Balaban J connectivity index is 1.59. The summed E-state index contributed by atoms with van der Waals surface area (Å²) in [6, 6.07) is 7.65. The Morgan fingerprint density at radius 1 is 1.38 bits per heavy atom. The predicted octanol–water partition coefficient (Wildman–Crippen LogP) is 4.38. The smallest absolute Gasteiger partial charge is 0.224 e. The lowest BCUT2D eigenvalue weighted by Gasteiger charge is -2.08. The summed E-state index contributed by atoms with van der Waals surface area (Å²) >= 11 is 1.61. The van der Waals surface area contributed by atoms with Crippen LogP contribution in [0.3, 0.4) is 0 Å². The third kappa shape index (κ3) is 3.25. The number of nitrogens with one attached hydrogen (secondary N) is 2. The van der Waals surface area contributed by atoms with E-state index >= 15 is 0 Å². The van der Waals surface area contributed by atoms with Crippen LogP contribution in [0.2, 0.25) is 0 Å². The van der Waals surface area contributed by atoms with Gasteiger partial charge in [-0.05, 0) is 35.6 Å². The van der Waals surface area contributed by atoms with E-state index in [0.717, 1.165) is 22.6 Å². The van der Waals surface area contributed by atoms with Crippen LogP contribution in [0.25, 0.3) is 21.7 Å². The quantitative estimate of drug-likeness (QED) is 0.679. The molecule has 1 aliphatic heterocycles. The molecule has 0 aliphatic carbocycles. The lowest BCUT2D eigenvalue weighted by molar-refractivity contribution is -0.116. The van der Waals surface area contributed by atoms with Crippen molar-refractivity contribution < 1.29 is 9.53 Å². The maximum Gasteiger partial charge on any atom is 0.224 e. The SMILES string of the molecule is COc1ccc(NC(=O)CCC2=CN=CC2)c2nc(-c3cccs3)[nH]c12. The third-order valence-corrected chi connectivity index (χ3v) is 5.12. The highest BCUT2D eigenvalue weighted by molar-refractivity contribution is 7.13. The van der Waals surface area contributed by atoms with E-state index in [1.807, 2.05) is 42.1 Å². The Morgan fingerprint density at radius 3 is 3.04 bits per heavy atom. The number of benzene rings is 1. The normalized spacial score (nSPS) is 13.2. The molecule has 0 unspecified atom stereocenters.